The SMILES string of the molecule is Cc1ocnc1C(=O)NCc1cn2c(n1)SCC2. The first-order valence-corrected chi connectivity index (χ1v) is 6.60. The van der Waals surface area contributed by atoms with Crippen LogP contribution in [-0.2, 0) is 13.1 Å². The molecule has 94 valence electrons. The molecule has 0 saturated carbocycles. The molecular formula is C11H12N4O2S. The fraction of sp³-hybridized carbons (Fsp3) is 0.364. The molecule has 0 spiro atoms. The van der Waals surface area contributed by atoms with E-state index < -0.39 is 0 Å². The summed E-state index contributed by atoms with van der Waals surface area (Å²) in [5, 5.41) is 3.81. The minimum absolute atomic E-state index is 0.234. The van der Waals surface area contributed by atoms with Crippen molar-refractivity contribution in [1.82, 2.24) is 19.9 Å². The summed E-state index contributed by atoms with van der Waals surface area (Å²) in [4.78, 5) is 20.1. The van der Waals surface area contributed by atoms with Crippen LogP contribution in [0.5, 0.6) is 0 Å². The molecule has 0 unspecified atom stereocenters. The van der Waals surface area contributed by atoms with Crippen LogP contribution >= 0.6 is 11.8 Å². The van der Waals surface area contributed by atoms with Crippen molar-refractivity contribution in [2.24, 2.45) is 0 Å². The molecule has 18 heavy (non-hydrogen) atoms. The van der Waals surface area contributed by atoms with E-state index in [-0.39, 0.29) is 5.91 Å². The molecule has 0 fully saturated rings. The second kappa shape index (κ2) is 4.49. The first kappa shape index (κ1) is 11.3. The fourth-order valence-corrected chi connectivity index (χ4v) is 2.79. The van der Waals surface area contributed by atoms with Crippen LogP contribution in [0.25, 0.3) is 0 Å². The summed E-state index contributed by atoms with van der Waals surface area (Å²) < 4.78 is 7.10. The normalized spacial score (nSPS) is 13.6. The third-order valence-corrected chi connectivity index (χ3v) is 3.71. The summed E-state index contributed by atoms with van der Waals surface area (Å²) in [5.41, 5.74) is 1.20. The first-order chi connectivity index (χ1) is 8.74. The van der Waals surface area contributed by atoms with E-state index in [1.165, 1.54) is 6.39 Å². The Morgan fingerprint density at radius 3 is 3.28 bits per heavy atom. The van der Waals surface area contributed by atoms with E-state index in [0.29, 0.717) is 18.0 Å². The van der Waals surface area contributed by atoms with Crippen molar-refractivity contribution >= 4 is 17.7 Å². The molecular weight excluding hydrogens is 252 g/mol. The number of imidazole rings is 1. The van der Waals surface area contributed by atoms with E-state index in [9.17, 15) is 4.79 Å². The van der Waals surface area contributed by atoms with Crippen LogP contribution in [-0.4, -0.2) is 26.2 Å². The number of thioether (sulfide) groups is 1. The van der Waals surface area contributed by atoms with Gasteiger partial charge in [-0.05, 0) is 6.92 Å². The molecule has 0 atom stereocenters. The summed E-state index contributed by atoms with van der Waals surface area (Å²) >= 11 is 1.73. The van der Waals surface area contributed by atoms with Gasteiger partial charge in [-0.2, -0.15) is 0 Å². The summed E-state index contributed by atoms with van der Waals surface area (Å²) in [7, 11) is 0. The highest BCUT2D eigenvalue weighted by atomic mass is 32.2. The number of nitrogens with one attached hydrogen (secondary N) is 1. The van der Waals surface area contributed by atoms with Crippen molar-refractivity contribution in [3.63, 3.8) is 0 Å². The number of nitrogens with zero attached hydrogens (tertiary/aromatic N) is 3. The topological polar surface area (TPSA) is 73.0 Å². The molecule has 0 radical (unpaired) electrons. The molecule has 7 heteroatoms. The maximum absolute atomic E-state index is 11.8. The molecule has 0 aliphatic carbocycles. The number of hydrogen-bond acceptors (Lipinski definition) is 5. The molecule has 3 rings (SSSR count). The zero-order chi connectivity index (χ0) is 12.5. The smallest absolute Gasteiger partial charge is 0.273 e. The minimum Gasteiger partial charge on any atom is -0.448 e. The molecule has 2 aromatic rings. The van der Waals surface area contributed by atoms with Gasteiger partial charge in [-0.15, -0.1) is 0 Å². The lowest BCUT2D eigenvalue weighted by Crippen LogP contribution is -2.24. The second-order valence-corrected chi connectivity index (χ2v) is 5.06. The highest BCUT2D eigenvalue weighted by Gasteiger charge is 2.16. The van der Waals surface area contributed by atoms with Gasteiger partial charge in [-0.1, -0.05) is 11.8 Å². The summed E-state index contributed by atoms with van der Waals surface area (Å²) in [6.07, 6.45) is 3.25. The third kappa shape index (κ3) is 2.01. The lowest BCUT2D eigenvalue weighted by Gasteiger charge is -2.00. The van der Waals surface area contributed by atoms with Crippen molar-refractivity contribution in [1.29, 1.82) is 0 Å². The summed E-state index contributed by atoms with van der Waals surface area (Å²) in [6, 6.07) is 0. The van der Waals surface area contributed by atoms with Crippen LogP contribution in [0.2, 0.25) is 0 Å². The Kier molecular flexibility index (Phi) is 2.83. The molecule has 0 bridgehead atoms. The molecule has 0 saturated heterocycles. The Labute approximate surface area is 108 Å². The second-order valence-electron chi connectivity index (χ2n) is 4.00. The minimum atomic E-state index is -0.234. The Bertz CT molecular complexity index is 568. The Balaban J connectivity index is 1.64. The first-order valence-electron chi connectivity index (χ1n) is 5.61. The quantitative estimate of drug-likeness (QED) is 0.902. The van der Waals surface area contributed by atoms with Crippen LogP contribution in [0.1, 0.15) is 21.9 Å². The molecule has 1 aliphatic heterocycles. The molecule has 1 N–H and O–H groups in total. The number of carbonyl (C=O) groups excluding carboxylic acids is 1. The van der Waals surface area contributed by atoms with Crippen molar-refractivity contribution in [3.05, 3.63) is 29.7 Å². The monoisotopic (exact) mass is 264 g/mol. The zero-order valence-electron chi connectivity index (χ0n) is 9.84. The van der Waals surface area contributed by atoms with Gasteiger partial charge in [-0.25, -0.2) is 9.97 Å². The number of aryl methyl sites for hydroxylation is 2. The molecule has 6 nitrogen and oxygen atoms in total. The molecule has 1 aliphatic rings. The largest absolute Gasteiger partial charge is 0.448 e. The van der Waals surface area contributed by atoms with E-state index in [2.05, 4.69) is 19.9 Å². The van der Waals surface area contributed by atoms with E-state index in [1.807, 2.05) is 6.20 Å². The number of amides is 1. The Hall–Kier alpha value is -1.76. The lowest BCUT2D eigenvalue weighted by molar-refractivity contribution is 0.0944. The average molecular weight is 264 g/mol. The van der Waals surface area contributed by atoms with Gasteiger partial charge in [0.15, 0.2) is 17.2 Å². The van der Waals surface area contributed by atoms with E-state index in [4.69, 9.17) is 4.42 Å². The van der Waals surface area contributed by atoms with Crippen LogP contribution < -0.4 is 5.32 Å². The van der Waals surface area contributed by atoms with Crippen LogP contribution in [0.4, 0.5) is 0 Å². The van der Waals surface area contributed by atoms with E-state index in [1.54, 1.807) is 18.7 Å². The standard InChI is InChI=1S/C11H12N4O2S/c1-7-9(13-6-17-7)10(16)12-4-8-5-15-2-3-18-11(15)14-8/h5-6H,2-4H2,1H3,(H,12,16). The number of carbonyl (C=O) groups is 1. The number of hydrogen-bond donors (Lipinski definition) is 1. The van der Waals surface area contributed by atoms with Gasteiger partial charge in [0.2, 0.25) is 0 Å². The lowest BCUT2D eigenvalue weighted by atomic mass is 10.3. The number of oxazole rings is 1. The van der Waals surface area contributed by atoms with E-state index in [0.717, 1.165) is 23.1 Å². The third-order valence-electron chi connectivity index (χ3n) is 2.74. The predicted molar refractivity (Wildman–Crippen MR) is 65.4 cm³/mol. The van der Waals surface area contributed by atoms with Crippen LogP contribution in [0.3, 0.4) is 0 Å². The maximum atomic E-state index is 11.8. The van der Waals surface area contributed by atoms with Gasteiger partial charge < -0.3 is 14.3 Å². The molecule has 1 amide bonds. The van der Waals surface area contributed by atoms with Crippen LogP contribution in [0.15, 0.2) is 22.2 Å². The van der Waals surface area contributed by atoms with Gasteiger partial charge in [-0.3, -0.25) is 4.79 Å². The van der Waals surface area contributed by atoms with Crippen molar-refractivity contribution < 1.29 is 9.21 Å². The summed E-state index contributed by atoms with van der Waals surface area (Å²) in [6.45, 7) is 3.11. The van der Waals surface area contributed by atoms with Gasteiger partial charge in [0.05, 0.1) is 12.2 Å². The van der Waals surface area contributed by atoms with Gasteiger partial charge in [0.25, 0.3) is 5.91 Å². The Morgan fingerprint density at radius 2 is 2.56 bits per heavy atom. The molecule has 2 aromatic heterocycles. The predicted octanol–water partition coefficient (Wildman–Crippen LogP) is 1.22. The Morgan fingerprint density at radius 1 is 1.67 bits per heavy atom. The van der Waals surface area contributed by atoms with Crippen molar-refractivity contribution in [3.8, 4) is 0 Å². The van der Waals surface area contributed by atoms with Gasteiger partial charge >= 0.3 is 0 Å². The zero-order valence-corrected chi connectivity index (χ0v) is 10.7. The number of aromatic nitrogens is 3. The summed E-state index contributed by atoms with van der Waals surface area (Å²) in [5.74, 6) is 1.37. The van der Waals surface area contributed by atoms with Gasteiger partial charge in [0.1, 0.15) is 5.76 Å². The molecule has 0 aromatic carbocycles. The fourth-order valence-electron chi connectivity index (χ4n) is 1.82. The highest BCUT2D eigenvalue weighted by Crippen LogP contribution is 2.24. The van der Waals surface area contributed by atoms with Gasteiger partial charge in [0, 0.05) is 18.5 Å². The maximum Gasteiger partial charge on any atom is 0.273 e. The van der Waals surface area contributed by atoms with Crippen molar-refractivity contribution in [2.45, 2.75) is 25.2 Å². The van der Waals surface area contributed by atoms with Crippen molar-refractivity contribution in [2.75, 3.05) is 5.75 Å². The molecule has 3 heterocycles. The van der Waals surface area contributed by atoms with Crippen LogP contribution in [0, 0.1) is 6.92 Å². The number of fused-ring (bicyclic) bond motifs is 1. The van der Waals surface area contributed by atoms with E-state index >= 15 is 0 Å². The average Bonchev–Trinajstić information content (AvgIpc) is 3.00. The number of rotatable bonds is 3. The highest BCUT2D eigenvalue weighted by molar-refractivity contribution is 7.99.